The molecule has 1 aromatic heterocycles. The smallest absolute Gasteiger partial charge is 0.225 e. The summed E-state index contributed by atoms with van der Waals surface area (Å²) in [6.07, 6.45) is 7.60. The maximum atomic E-state index is 12.7. The minimum absolute atomic E-state index is 0.0624. The molecule has 1 aliphatic heterocycles. The molecule has 4 rings (SSSR count). The molecule has 1 fully saturated rings. The Kier molecular flexibility index (Phi) is 5.51. The summed E-state index contributed by atoms with van der Waals surface area (Å²) >= 11 is 0. The summed E-state index contributed by atoms with van der Waals surface area (Å²) in [7, 11) is -3.19. The quantitative estimate of drug-likeness (QED) is 0.793. The first-order valence-corrected chi connectivity index (χ1v) is 12.3. The number of anilines is 1. The largest absolute Gasteiger partial charge is 0.310 e. The van der Waals surface area contributed by atoms with E-state index in [2.05, 4.69) is 10.4 Å². The highest BCUT2D eigenvalue weighted by atomic mass is 32.2. The molecule has 0 bridgehead atoms. The Balaban J connectivity index is 1.58. The van der Waals surface area contributed by atoms with Crippen molar-refractivity contribution in [2.24, 2.45) is 5.92 Å². The number of nitrogens with one attached hydrogen (secondary N) is 1. The van der Waals surface area contributed by atoms with Crippen molar-refractivity contribution in [3.05, 3.63) is 40.6 Å². The van der Waals surface area contributed by atoms with Crippen LogP contribution in [0.1, 0.15) is 67.3 Å². The Labute approximate surface area is 172 Å². The molecule has 0 spiro atoms. The van der Waals surface area contributed by atoms with Crippen molar-refractivity contribution in [3.63, 3.8) is 0 Å². The monoisotopic (exact) mass is 415 g/mol. The van der Waals surface area contributed by atoms with Crippen molar-refractivity contribution in [3.8, 4) is 5.69 Å². The van der Waals surface area contributed by atoms with Crippen LogP contribution in [0.25, 0.3) is 5.69 Å². The van der Waals surface area contributed by atoms with Gasteiger partial charge >= 0.3 is 0 Å². The molecule has 1 amide bonds. The Morgan fingerprint density at radius 2 is 1.90 bits per heavy atom. The fraction of sp³-hybridized carbons (Fsp3) is 0.545. The van der Waals surface area contributed by atoms with Gasteiger partial charge in [-0.05, 0) is 49.4 Å². The number of carbonyl (C=O) groups is 1. The second-order valence-electron chi connectivity index (χ2n) is 8.58. The van der Waals surface area contributed by atoms with Gasteiger partial charge in [-0.1, -0.05) is 38.2 Å². The Morgan fingerprint density at radius 3 is 2.62 bits per heavy atom. The summed E-state index contributed by atoms with van der Waals surface area (Å²) in [5.74, 6) is 0.951. The fourth-order valence-electron chi connectivity index (χ4n) is 4.42. The lowest BCUT2D eigenvalue weighted by Gasteiger charge is -2.21. The van der Waals surface area contributed by atoms with Crippen molar-refractivity contribution in [2.75, 3.05) is 5.32 Å². The van der Waals surface area contributed by atoms with E-state index in [1.54, 1.807) is 4.68 Å². The molecule has 2 heterocycles. The average Bonchev–Trinajstić information content (AvgIpc) is 3.16. The number of rotatable bonds is 5. The van der Waals surface area contributed by atoms with Crippen molar-refractivity contribution >= 4 is 21.6 Å². The van der Waals surface area contributed by atoms with E-state index < -0.39 is 9.84 Å². The van der Waals surface area contributed by atoms with Gasteiger partial charge in [0.25, 0.3) is 0 Å². The first kappa shape index (κ1) is 20.1. The van der Waals surface area contributed by atoms with Gasteiger partial charge in [0, 0.05) is 12.0 Å². The van der Waals surface area contributed by atoms with E-state index in [0.29, 0.717) is 29.4 Å². The van der Waals surface area contributed by atoms with Gasteiger partial charge in [0.1, 0.15) is 5.82 Å². The van der Waals surface area contributed by atoms with Gasteiger partial charge in [-0.25, -0.2) is 13.1 Å². The number of sulfone groups is 1. The van der Waals surface area contributed by atoms with Crippen LogP contribution < -0.4 is 5.32 Å². The van der Waals surface area contributed by atoms with Crippen LogP contribution in [0.5, 0.6) is 0 Å². The predicted molar refractivity (Wildman–Crippen MR) is 114 cm³/mol. The number of amides is 1. The standard InChI is InChI=1S/C22H29N3O3S/c1-15-8-10-18(12-16(15)2)25-22(19-13-29(27,28)14-20(19)24-25)23-21(26)11-9-17-6-4-3-5-7-17/h8,10,12,17H,3-7,9,11,13-14H2,1-2H3,(H,23,26). The molecular weight excluding hydrogens is 386 g/mol. The van der Waals surface area contributed by atoms with Crippen LogP contribution in [0.3, 0.4) is 0 Å². The molecule has 1 saturated carbocycles. The van der Waals surface area contributed by atoms with Crippen LogP contribution in [-0.2, 0) is 26.1 Å². The number of nitrogens with zero attached hydrogens (tertiary/aromatic N) is 2. The molecule has 156 valence electrons. The summed E-state index contributed by atoms with van der Waals surface area (Å²) in [5.41, 5.74) is 4.32. The minimum atomic E-state index is -3.19. The molecule has 0 atom stereocenters. The highest BCUT2D eigenvalue weighted by Crippen LogP contribution is 2.34. The van der Waals surface area contributed by atoms with Crippen LogP contribution in [0, 0.1) is 19.8 Å². The van der Waals surface area contributed by atoms with Crippen molar-refractivity contribution in [1.29, 1.82) is 0 Å². The number of fused-ring (bicyclic) bond motifs is 1. The maximum absolute atomic E-state index is 12.7. The predicted octanol–water partition coefficient (Wildman–Crippen LogP) is 4.22. The third-order valence-corrected chi connectivity index (χ3v) is 7.73. The second kappa shape index (κ2) is 7.94. The fourth-order valence-corrected chi connectivity index (χ4v) is 5.91. The Hall–Kier alpha value is -2.15. The van der Waals surface area contributed by atoms with E-state index in [9.17, 15) is 13.2 Å². The van der Waals surface area contributed by atoms with E-state index in [4.69, 9.17) is 0 Å². The lowest BCUT2D eigenvalue weighted by molar-refractivity contribution is -0.116. The molecule has 1 aliphatic carbocycles. The first-order valence-electron chi connectivity index (χ1n) is 10.5. The van der Waals surface area contributed by atoms with Crippen LogP contribution in [-0.4, -0.2) is 24.1 Å². The molecule has 1 aromatic carbocycles. The van der Waals surface area contributed by atoms with Crippen LogP contribution >= 0.6 is 0 Å². The summed E-state index contributed by atoms with van der Waals surface area (Å²) in [4.78, 5) is 12.7. The van der Waals surface area contributed by atoms with Gasteiger partial charge < -0.3 is 5.32 Å². The van der Waals surface area contributed by atoms with Crippen molar-refractivity contribution < 1.29 is 13.2 Å². The van der Waals surface area contributed by atoms with Gasteiger partial charge in [-0.15, -0.1) is 0 Å². The first-order chi connectivity index (χ1) is 13.8. The van der Waals surface area contributed by atoms with Gasteiger partial charge in [-0.2, -0.15) is 5.10 Å². The van der Waals surface area contributed by atoms with Gasteiger partial charge in [0.15, 0.2) is 9.84 Å². The highest BCUT2D eigenvalue weighted by molar-refractivity contribution is 7.90. The molecule has 29 heavy (non-hydrogen) atoms. The van der Waals surface area contributed by atoms with Gasteiger partial charge in [0.05, 0.1) is 22.9 Å². The highest BCUT2D eigenvalue weighted by Gasteiger charge is 2.33. The molecule has 1 N–H and O–H groups in total. The lowest BCUT2D eigenvalue weighted by atomic mass is 9.86. The van der Waals surface area contributed by atoms with E-state index in [-0.39, 0.29) is 17.4 Å². The topological polar surface area (TPSA) is 81.1 Å². The summed E-state index contributed by atoms with van der Waals surface area (Å²) in [6.45, 7) is 4.08. The van der Waals surface area contributed by atoms with Crippen LogP contribution in [0.4, 0.5) is 5.82 Å². The number of aryl methyl sites for hydroxylation is 2. The van der Waals surface area contributed by atoms with Crippen LogP contribution in [0.15, 0.2) is 18.2 Å². The summed E-state index contributed by atoms with van der Waals surface area (Å²) in [5, 5.41) is 7.55. The SMILES string of the molecule is Cc1ccc(-n2nc3c(c2NC(=O)CCC2CCCCC2)CS(=O)(=O)C3)cc1C. The molecule has 0 saturated heterocycles. The van der Waals surface area contributed by atoms with E-state index in [0.717, 1.165) is 17.7 Å². The number of carbonyl (C=O) groups excluding carboxylic acids is 1. The van der Waals surface area contributed by atoms with Crippen molar-refractivity contribution in [1.82, 2.24) is 9.78 Å². The minimum Gasteiger partial charge on any atom is -0.310 e. The zero-order valence-electron chi connectivity index (χ0n) is 17.2. The number of hydrogen-bond acceptors (Lipinski definition) is 4. The van der Waals surface area contributed by atoms with Crippen LogP contribution in [0.2, 0.25) is 0 Å². The third-order valence-electron chi connectivity index (χ3n) is 6.28. The molecule has 6 nitrogen and oxygen atoms in total. The zero-order chi connectivity index (χ0) is 20.6. The molecule has 0 unspecified atom stereocenters. The maximum Gasteiger partial charge on any atom is 0.225 e. The summed E-state index contributed by atoms with van der Waals surface area (Å²) < 4.78 is 25.9. The average molecular weight is 416 g/mol. The third kappa shape index (κ3) is 4.39. The summed E-state index contributed by atoms with van der Waals surface area (Å²) in [6, 6.07) is 5.99. The molecule has 7 heteroatoms. The van der Waals surface area contributed by atoms with Crippen molar-refractivity contribution in [2.45, 2.75) is 70.3 Å². The van der Waals surface area contributed by atoms with E-state index >= 15 is 0 Å². The lowest BCUT2D eigenvalue weighted by Crippen LogP contribution is -2.18. The van der Waals surface area contributed by atoms with E-state index in [1.807, 2.05) is 32.0 Å². The van der Waals surface area contributed by atoms with Gasteiger partial charge in [-0.3, -0.25) is 4.79 Å². The van der Waals surface area contributed by atoms with E-state index in [1.165, 1.54) is 37.7 Å². The molecule has 2 aliphatic rings. The van der Waals surface area contributed by atoms with Gasteiger partial charge in [0.2, 0.25) is 5.91 Å². The number of aromatic nitrogens is 2. The molecular formula is C22H29N3O3S. The molecule has 2 aromatic rings. The normalized spacial score (nSPS) is 18.6. The number of hydrogen-bond donors (Lipinski definition) is 1. The second-order valence-corrected chi connectivity index (χ2v) is 10.6. The zero-order valence-corrected chi connectivity index (χ0v) is 18.0. The number of benzene rings is 1. The molecule has 0 radical (unpaired) electrons. The Bertz CT molecular complexity index is 1030. The Morgan fingerprint density at radius 1 is 1.14 bits per heavy atom.